The normalized spacial score (nSPS) is 30.0. The van der Waals surface area contributed by atoms with Gasteiger partial charge >= 0.3 is 0 Å². The monoisotopic (exact) mass is 642 g/mol. The SMILES string of the molecule is O=C1SC2C=CC1C1=C2c2cc3ccc(cc4[nH]c(cc5nc(cc1n2)C1=C5[C@H]2C=CC1SC2=O)c1c4[C@H]2CCC1SC2=O)[nH]3. The number of thioether (sulfide) groups is 3. The fourth-order valence-corrected chi connectivity index (χ4v) is 12.0. The van der Waals surface area contributed by atoms with E-state index in [0.717, 1.165) is 85.5 Å². The summed E-state index contributed by atoms with van der Waals surface area (Å²) in [7, 11) is 0. The van der Waals surface area contributed by atoms with Crippen molar-refractivity contribution in [1.82, 2.24) is 19.9 Å². The van der Waals surface area contributed by atoms with E-state index < -0.39 is 0 Å². The summed E-state index contributed by atoms with van der Waals surface area (Å²) in [5.74, 6) is -0.831. The molecule has 1 saturated heterocycles. The zero-order valence-electron chi connectivity index (χ0n) is 23.5. The number of nitrogens with zero attached hydrogens (tertiary/aromatic N) is 2. The van der Waals surface area contributed by atoms with Crippen molar-refractivity contribution >= 4 is 95.0 Å². The van der Waals surface area contributed by atoms with E-state index in [9.17, 15) is 14.4 Å². The molecule has 45 heavy (non-hydrogen) atoms. The molecular weight excluding hydrogens is 621 g/mol. The average Bonchev–Trinajstić information content (AvgIpc) is 3.81. The number of H-pyrrole nitrogens is 2. The Hall–Kier alpha value is -3.86. The van der Waals surface area contributed by atoms with Gasteiger partial charge in [-0.1, -0.05) is 59.6 Å². The van der Waals surface area contributed by atoms with E-state index >= 15 is 0 Å². The van der Waals surface area contributed by atoms with E-state index in [1.165, 1.54) is 40.8 Å². The van der Waals surface area contributed by atoms with Crippen molar-refractivity contribution in [3.8, 4) is 0 Å². The highest BCUT2D eigenvalue weighted by molar-refractivity contribution is 8.15. The van der Waals surface area contributed by atoms with E-state index in [1.807, 2.05) is 18.2 Å². The minimum absolute atomic E-state index is 0.0755. The minimum atomic E-state index is -0.360. The van der Waals surface area contributed by atoms with Crippen LogP contribution in [0.3, 0.4) is 0 Å². The summed E-state index contributed by atoms with van der Waals surface area (Å²) < 4.78 is 0. The second kappa shape index (κ2) is 8.69. The van der Waals surface area contributed by atoms with Crippen molar-refractivity contribution in [2.75, 3.05) is 0 Å². The van der Waals surface area contributed by atoms with Gasteiger partial charge in [0.25, 0.3) is 0 Å². The molecule has 3 aromatic rings. The van der Waals surface area contributed by atoms with E-state index in [1.54, 1.807) is 0 Å². The predicted octanol–water partition coefficient (Wildman–Crippen LogP) is 6.98. The van der Waals surface area contributed by atoms with Gasteiger partial charge < -0.3 is 9.97 Å². The fraction of sp³-hybridized carbons (Fsp3) is 0.229. The summed E-state index contributed by atoms with van der Waals surface area (Å²) in [6.45, 7) is 0. The largest absolute Gasteiger partial charge is 0.355 e. The number of allylic oxidation sites excluding steroid dienone is 4. The number of aromatic amines is 2. The lowest BCUT2D eigenvalue weighted by Gasteiger charge is -2.34. The summed E-state index contributed by atoms with van der Waals surface area (Å²) >= 11 is 4.20. The van der Waals surface area contributed by atoms with Crippen molar-refractivity contribution < 1.29 is 14.4 Å². The molecule has 0 aromatic carbocycles. The van der Waals surface area contributed by atoms with Gasteiger partial charge in [0.2, 0.25) is 10.2 Å². The molecular formula is C35H22N4O3S3. The smallest absolute Gasteiger partial charge is 0.201 e. The van der Waals surface area contributed by atoms with Gasteiger partial charge in [-0.2, -0.15) is 0 Å². The third kappa shape index (κ3) is 3.34. The van der Waals surface area contributed by atoms with Gasteiger partial charge in [0.05, 0.1) is 51.0 Å². The number of rotatable bonds is 0. The molecule has 218 valence electrons. The predicted molar refractivity (Wildman–Crippen MR) is 180 cm³/mol. The highest BCUT2D eigenvalue weighted by Gasteiger charge is 2.46. The molecule has 4 unspecified atom stereocenters. The first-order valence-electron chi connectivity index (χ1n) is 15.2. The summed E-state index contributed by atoms with van der Waals surface area (Å²) in [6, 6.07) is 12.4. The van der Waals surface area contributed by atoms with Crippen LogP contribution >= 0.6 is 35.3 Å². The second-order valence-corrected chi connectivity index (χ2v) is 16.1. The van der Waals surface area contributed by atoms with E-state index in [0.29, 0.717) is 0 Å². The number of carbonyl (C=O) groups excluding carboxylic acids is 3. The highest BCUT2D eigenvalue weighted by atomic mass is 32.2. The first-order valence-corrected chi connectivity index (χ1v) is 17.8. The summed E-state index contributed by atoms with van der Waals surface area (Å²) in [4.78, 5) is 57.1. The van der Waals surface area contributed by atoms with Crippen LogP contribution in [0.2, 0.25) is 0 Å². The topological polar surface area (TPSA) is 109 Å². The molecule has 3 aliphatic carbocycles. The Morgan fingerprint density at radius 1 is 0.578 bits per heavy atom. The minimum Gasteiger partial charge on any atom is -0.355 e. The zero-order valence-corrected chi connectivity index (χ0v) is 25.9. The molecule has 11 heterocycles. The van der Waals surface area contributed by atoms with Crippen LogP contribution in [0.15, 0.2) is 60.7 Å². The molecule has 14 bridgehead atoms. The Morgan fingerprint density at radius 3 is 1.84 bits per heavy atom. The van der Waals surface area contributed by atoms with Crippen LogP contribution in [0.5, 0.6) is 0 Å². The average molecular weight is 643 g/mol. The molecule has 6 atom stereocenters. The lowest BCUT2D eigenvalue weighted by molar-refractivity contribution is -0.113. The molecule has 11 aliphatic rings. The maximum atomic E-state index is 13.2. The van der Waals surface area contributed by atoms with Gasteiger partial charge in [0.15, 0.2) is 5.12 Å². The molecule has 2 N–H and O–H groups in total. The van der Waals surface area contributed by atoms with Crippen LogP contribution in [-0.4, -0.2) is 45.8 Å². The van der Waals surface area contributed by atoms with Crippen LogP contribution in [0.25, 0.3) is 44.4 Å². The van der Waals surface area contributed by atoms with Crippen LogP contribution in [0, 0.1) is 11.8 Å². The van der Waals surface area contributed by atoms with E-state index in [-0.39, 0.29) is 48.8 Å². The first kappa shape index (κ1) is 25.3. The van der Waals surface area contributed by atoms with Crippen LogP contribution < -0.4 is 0 Å². The standard InChI is InChI=1S/C35H22N4O3S3/c40-33-15-3-7-25(44-33)31-22-12-21-29-17-5-8-26(45-35(17)42)32(29)23(39-21)11-20-28-16-4-6-24(43-34(16)41)30(28)19(38-20)10-14-2-1-13(36-14)9-18(37-22)27(15)31/h1-2,4-6,8-12,15-17,24-26,36-37H,3,7H2/t15-,16?,17-,24?,25?,26?/m1/s1. The number of hydrogen-bond acceptors (Lipinski definition) is 8. The van der Waals surface area contributed by atoms with Gasteiger partial charge in [0, 0.05) is 38.5 Å². The van der Waals surface area contributed by atoms with Crippen molar-refractivity contribution in [2.45, 2.75) is 34.5 Å². The summed E-state index contributed by atoms with van der Waals surface area (Å²) in [5, 5.41) is 0.448. The van der Waals surface area contributed by atoms with E-state index in [2.05, 4.69) is 52.5 Å². The lowest BCUT2D eigenvalue weighted by Crippen LogP contribution is -2.26. The first-order chi connectivity index (χ1) is 22.0. The van der Waals surface area contributed by atoms with Crippen LogP contribution in [-0.2, 0) is 14.4 Å². The van der Waals surface area contributed by atoms with Gasteiger partial charge in [-0.25, -0.2) is 9.97 Å². The molecule has 0 radical (unpaired) electrons. The van der Waals surface area contributed by atoms with Crippen molar-refractivity contribution in [3.05, 3.63) is 94.6 Å². The van der Waals surface area contributed by atoms with Gasteiger partial charge in [0.1, 0.15) is 0 Å². The van der Waals surface area contributed by atoms with Crippen LogP contribution in [0.1, 0.15) is 57.9 Å². The number of carbonyl (C=O) groups is 3. The Labute approximate surface area is 269 Å². The molecule has 8 aliphatic heterocycles. The second-order valence-electron chi connectivity index (χ2n) is 12.6. The molecule has 7 nitrogen and oxygen atoms in total. The molecule has 3 aromatic heterocycles. The van der Waals surface area contributed by atoms with E-state index in [4.69, 9.17) is 9.97 Å². The number of fused-ring (bicyclic) bond motifs is 12. The van der Waals surface area contributed by atoms with Crippen molar-refractivity contribution in [1.29, 1.82) is 0 Å². The van der Waals surface area contributed by atoms with Crippen LogP contribution in [0.4, 0.5) is 0 Å². The Bertz CT molecular complexity index is 2320. The zero-order chi connectivity index (χ0) is 29.7. The summed E-state index contributed by atoms with van der Waals surface area (Å²) in [5.41, 5.74) is 13.4. The molecule has 0 amide bonds. The van der Waals surface area contributed by atoms with Crippen molar-refractivity contribution in [3.63, 3.8) is 0 Å². The third-order valence-electron chi connectivity index (χ3n) is 10.3. The summed E-state index contributed by atoms with van der Waals surface area (Å²) in [6.07, 6.45) is 10.1. The third-order valence-corrected chi connectivity index (χ3v) is 13.8. The quantitative estimate of drug-likeness (QED) is 0.253. The molecule has 10 heteroatoms. The molecule has 14 rings (SSSR count). The molecule has 0 saturated carbocycles. The molecule has 0 spiro atoms. The van der Waals surface area contributed by atoms with Gasteiger partial charge in [-0.15, -0.1) is 0 Å². The number of hydrogen-bond donors (Lipinski definition) is 2. The number of nitrogens with one attached hydrogen (secondary N) is 2. The highest BCUT2D eigenvalue weighted by Crippen LogP contribution is 2.57. The Kier molecular flexibility index (Phi) is 4.89. The fourth-order valence-electron chi connectivity index (χ4n) is 8.41. The Morgan fingerprint density at radius 2 is 1.18 bits per heavy atom. The number of aromatic nitrogens is 4. The van der Waals surface area contributed by atoms with Gasteiger partial charge in [-0.05, 0) is 71.5 Å². The maximum absolute atomic E-state index is 13.2. The maximum Gasteiger partial charge on any atom is 0.201 e. The van der Waals surface area contributed by atoms with Gasteiger partial charge in [-0.3, -0.25) is 14.4 Å². The Balaban J connectivity index is 1.27. The van der Waals surface area contributed by atoms with Crippen molar-refractivity contribution in [2.24, 2.45) is 11.8 Å². The molecule has 1 fully saturated rings. The lowest BCUT2D eigenvalue weighted by atomic mass is 9.83.